The second-order valence-electron chi connectivity index (χ2n) is 5.86. The zero-order valence-electron chi connectivity index (χ0n) is 16.3. The van der Waals surface area contributed by atoms with Gasteiger partial charge in [-0.1, -0.05) is 6.07 Å². The Kier molecular flexibility index (Phi) is 7.66. The number of aryl methyl sites for hydroxylation is 2. The summed E-state index contributed by atoms with van der Waals surface area (Å²) in [5.41, 5.74) is 1.43. The Morgan fingerprint density at radius 1 is 1.22 bits per heavy atom. The fraction of sp³-hybridized carbons (Fsp3) is 0.421. The van der Waals surface area contributed by atoms with Gasteiger partial charge in [-0.15, -0.1) is 0 Å². The number of guanidine groups is 1. The van der Waals surface area contributed by atoms with Crippen LogP contribution in [0.1, 0.15) is 34.6 Å². The van der Waals surface area contributed by atoms with Gasteiger partial charge in [0.05, 0.1) is 12.8 Å². The molecule has 0 spiro atoms. The smallest absolute Gasteiger partial charge is 0.251 e. The molecule has 8 heteroatoms. The van der Waals surface area contributed by atoms with Gasteiger partial charge < -0.3 is 25.1 Å². The first-order valence-corrected chi connectivity index (χ1v) is 8.90. The van der Waals surface area contributed by atoms with Gasteiger partial charge >= 0.3 is 0 Å². The van der Waals surface area contributed by atoms with Crippen molar-refractivity contribution in [2.45, 2.75) is 27.3 Å². The topological polar surface area (TPSA) is 101 Å². The minimum absolute atomic E-state index is 0.150. The molecule has 1 aromatic heterocycles. The van der Waals surface area contributed by atoms with Crippen molar-refractivity contribution < 1.29 is 13.9 Å². The summed E-state index contributed by atoms with van der Waals surface area (Å²) in [7, 11) is 1.57. The summed E-state index contributed by atoms with van der Waals surface area (Å²) in [5.74, 6) is 2.52. The van der Waals surface area contributed by atoms with E-state index in [2.05, 4.69) is 25.9 Å². The lowest BCUT2D eigenvalue weighted by Crippen LogP contribution is -2.41. The van der Waals surface area contributed by atoms with Crippen LogP contribution < -0.4 is 20.7 Å². The van der Waals surface area contributed by atoms with Crippen LogP contribution in [-0.4, -0.2) is 43.6 Å². The average molecular weight is 373 g/mol. The maximum absolute atomic E-state index is 12.2. The number of rotatable bonds is 8. The van der Waals surface area contributed by atoms with E-state index in [1.54, 1.807) is 31.4 Å². The molecule has 0 fully saturated rings. The summed E-state index contributed by atoms with van der Waals surface area (Å²) in [6.45, 7) is 7.83. The van der Waals surface area contributed by atoms with Crippen LogP contribution in [0.15, 0.2) is 33.7 Å². The average Bonchev–Trinajstić information content (AvgIpc) is 3.00. The molecule has 0 aliphatic heterocycles. The number of oxazole rings is 1. The second-order valence-corrected chi connectivity index (χ2v) is 5.86. The highest BCUT2D eigenvalue weighted by Gasteiger charge is 2.07. The first-order valence-electron chi connectivity index (χ1n) is 8.90. The van der Waals surface area contributed by atoms with Crippen LogP contribution in [-0.2, 0) is 6.54 Å². The van der Waals surface area contributed by atoms with E-state index in [0.29, 0.717) is 42.8 Å². The number of carbonyl (C=O) groups excluding carboxylic acids is 1. The SMILES string of the molecule is CCNC(=NCc1nc(C)c(C)o1)NCCNC(=O)c1cccc(OC)c1. The molecule has 0 atom stereocenters. The highest BCUT2D eigenvalue weighted by molar-refractivity contribution is 5.94. The Labute approximate surface area is 159 Å². The third-order valence-corrected chi connectivity index (χ3v) is 3.82. The fourth-order valence-electron chi connectivity index (χ4n) is 2.32. The molecule has 0 saturated carbocycles. The lowest BCUT2D eigenvalue weighted by Gasteiger charge is -2.11. The van der Waals surface area contributed by atoms with Gasteiger partial charge in [0.15, 0.2) is 5.96 Å². The van der Waals surface area contributed by atoms with Crippen molar-refractivity contribution in [2.24, 2.45) is 4.99 Å². The van der Waals surface area contributed by atoms with Gasteiger partial charge in [-0.2, -0.15) is 0 Å². The van der Waals surface area contributed by atoms with E-state index in [4.69, 9.17) is 9.15 Å². The normalized spacial score (nSPS) is 11.2. The quantitative estimate of drug-likeness (QED) is 0.370. The van der Waals surface area contributed by atoms with Crippen molar-refractivity contribution in [1.82, 2.24) is 20.9 Å². The van der Waals surface area contributed by atoms with Crippen LogP contribution in [0.25, 0.3) is 0 Å². The van der Waals surface area contributed by atoms with Gasteiger partial charge in [-0.05, 0) is 39.0 Å². The third kappa shape index (κ3) is 6.32. The van der Waals surface area contributed by atoms with Crippen molar-refractivity contribution >= 4 is 11.9 Å². The summed E-state index contributed by atoms with van der Waals surface area (Å²) >= 11 is 0. The standard InChI is InChI=1S/C19H27N5O3/c1-5-20-19(23-12-17-24-13(2)14(3)27-17)22-10-9-21-18(25)15-7-6-8-16(11-15)26-4/h6-8,11H,5,9-10,12H2,1-4H3,(H,21,25)(H2,20,22,23). The molecular formula is C19H27N5O3. The summed E-state index contributed by atoms with van der Waals surface area (Å²) in [6.07, 6.45) is 0. The first-order chi connectivity index (χ1) is 13.0. The molecule has 0 aliphatic carbocycles. The number of ether oxygens (including phenoxy) is 1. The largest absolute Gasteiger partial charge is 0.497 e. The molecule has 1 aromatic carbocycles. The van der Waals surface area contributed by atoms with E-state index in [9.17, 15) is 4.79 Å². The number of nitrogens with zero attached hydrogens (tertiary/aromatic N) is 2. The molecule has 1 amide bonds. The van der Waals surface area contributed by atoms with E-state index in [1.807, 2.05) is 20.8 Å². The summed E-state index contributed by atoms with van der Waals surface area (Å²) in [6, 6.07) is 7.04. The number of methoxy groups -OCH3 is 1. The van der Waals surface area contributed by atoms with Crippen LogP contribution in [0.3, 0.4) is 0 Å². The van der Waals surface area contributed by atoms with Crippen LogP contribution in [0.2, 0.25) is 0 Å². The van der Waals surface area contributed by atoms with Gasteiger partial charge in [-0.3, -0.25) is 4.79 Å². The number of amides is 1. The minimum atomic E-state index is -0.150. The molecule has 0 saturated heterocycles. The predicted octanol–water partition coefficient (Wildman–Crippen LogP) is 1.79. The first kappa shape index (κ1) is 20.3. The van der Waals surface area contributed by atoms with Crippen molar-refractivity contribution in [2.75, 3.05) is 26.7 Å². The summed E-state index contributed by atoms with van der Waals surface area (Å²) < 4.78 is 10.7. The zero-order valence-corrected chi connectivity index (χ0v) is 16.3. The summed E-state index contributed by atoms with van der Waals surface area (Å²) in [5, 5.41) is 9.18. The predicted molar refractivity (Wildman–Crippen MR) is 104 cm³/mol. The number of nitrogens with one attached hydrogen (secondary N) is 3. The molecule has 2 aromatic rings. The number of hydrogen-bond acceptors (Lipinski definition) is 5. The molecule has 0 bridgehead atoms. The third-order valence-electron chi connectivity index (χ3n) is 3.82. The molecule has 146 valence electrons. The van der Waals surface area contributed by atoms with Crippen molar-refractivity contribution in [3.63, 3.8) is 0 Å². The van der Waals surface area contributed by atoms with Gasteiger partial charge in [0.1, 0.15) is 18.1 Å². The van der Waals surface area contributed by atoms with Crippen LogP contribution in [0.5, 0.6) is 5.75 Å². The Balaban J connectivity index is 1.81. The van der Waals surface area contributed by atoms with Crippen LogP contribution >= 0.6 is 0 Å². The molecule has 0 aliphatic rings. The second kappa shape index (κ2) is 10.2. The molecule has 27 heavy (non-hydrogen) atoms. The molecule has 0 unspecified atom stereocenters. The Morgan fingerprint density at radius 2 is 2.00 bits per heavy atom. The minimum Gasteiger partial charge on any atom is -0.497 e. The molecule has 3 N–H and O–H groups in total. The fourth-order valence-corrected chi connectivity index (χ4v) is 2.32. The van der Waals surface area contributed by atoms with Crippen molar-refractivity contribution in [1.29, 1.82) is 0 Å². The monoisotopic (exact) mass is 373 g/mol. The van der Waals surface area contributed by atoms with Gasteiger partial charge in [0.25, 0.3) is 5.91 Å². The van der Waals surface area contributed by atoms with E-state index in [-0.39, 0.29) is 5.91 Å². The van der Waals surface area contributed by atoms with Crippen molar-refractivity contribution in [3.8, 4) is 5.75 Å². The Bertz CT molecular complexity index is 766. The van der Waals surface area contributed by atoms with Gasteiger partial charge in [-0.25, -0.2) is 9.98 Å². The number of aliphatic imine (C=N–C) groups is 1. The van der Waals surface area contributed by atoms with Crippen LogP contribution in [0, 0.1) is 13.8 Å². The number of carbonyl (C=O) groups is 1. The zero-order chi connectivity index (χ0) is 19.6. The molecule has 0 radical (unpaired) electrons. The molecule has 8 nitrogen and oxygen atoms in total. The van der Waals surface area contributed by atoms with E-state index in [0.717, 1.165) is 18.0 Å². The van der Waals surface area contributed by atoms with E-state index in [1.165, 1.54) is 0 Å². The lowest BCUT2D eigenvalue weighted by atomic mass is 10.2. The number of aromatic nitrogens is 1. The van der Waals surface area contributed by atoms with Gasteiger partial charge in [0, 0.05) is 25.2 Å². The van der Waals surface area contributed by atoms with E-state index >= 15 is 0 Å². The maximum atomic E-state index is 12.2. The van der Waals surface area contributed by atoms with Crippen molar-refractivity contribution in [3.05, 3.63) is 47.2 Å². The van der Waals surface area contributed by atoms with Crippen LogP contribution in [0.4, 0.5) is 0 Å². The molecular weight excluding hydrogens is 346 g/mol. The molecule has 1 heterocycles. The number of benzene rings is 1. The maximum Gasteiger partial charge on any atom is 0.251 e. The number of hydrogen-bond donors (Lipinski definition) is 3. The summed E-state index contributed by atoms with van der Waals surface area (Å²) in [4.78, 5) is 20.9. The molecule has 2 rings (SSSR count). The highest BCUT2D eigenvalue weighted by Crippen LogP contribution is 2.12. The van der Waals surface area contributed by atoms with E-state index < -0.39 is 0 Å². The highest BCUT2D eigenvalue weighted by atomic mass is 16.5. The van der Waals surface area contributed by atoms with Gasteiger partial charge in [0.2, 0.25) is 5.89 Å². The Morgan fingerprint density at radius 3 is 2.67 bits per heavy atom. The Hall–Kier alpha value is -3.03. The lowest BCUT2D eigenvalue weighted by molar-refractivity contribution is 0.0954.